The van der Waals surface area contributed by atoms with E-state index < -0.39 is 62.0 Å². The quantitative estimate of drug-likeness (QED) is 0.204. The average Bonchev–Trinajstić information content (AvgIpc) is 3.19. The van der Waals surface area contributed by atoms with Crippen LogP contribution in [0.3, 0.4) is 0 Å². The summed E-state index contributed by atoms with van der Waals surface area (Å²) in [6, 6.07) is 4.21. The Bertz CT molecular complexity index is 963. The molecule has 31 heavy (non-hydrogen) atoms. The number of carbonyl (C=O) groups excluding carboxylic acids is 1. The minimum atomic E-state index is -2.63. The summed E-state index contributed by atoms with van der Waals surface area (Å²) in [6.45, 7) is 2.61. The maximum Gasteiger partial charge on any atom is 0.382 e. The van der Waals surface area contributed by atoms with E-state index in [0.29, 0.717) is 11.5 Å². The molecule has 0 saturated carbocycles. The third-order valence-electron chi connectivity index (χ3n) is 3.60. The van der Waals surface area contributed by atoms with Crippen molar-refractivity contribution < 1.29 is 50.0 Å². The normalized spacial score (nSPS) is 13.3. The molecule has 168 valence electrons. The van der Waals surface area contributed by atoms with E-state index in [1.54, 1.807) is 13.8 Å². The molecule has 1 heterocycles. The van der Waals surface area contributed by atoms with E-state index >= 15 is 0 Å². The third kappa shape index (κ3) is 5.26. The highest BCUT2D eigenvalue weighted by atomic mass is 31.2. The molecule has 1 aliphatic heterocycles. The summed E-state index contributed by atoms with van der Waals surface area (Å²) in [7, 11) is -2.63. The highest BCUT2D eigenvalue weighted by molar-refractivity contribution is 7.45. The minimum Gasteiger partial charge on any atom is -0.462 e. The van der Waals surface area contributed by atoms with Crippen LogP contribution in [0.5, 0.6) is 23.0 Å². The van der Waals surface area contributed by atoms with Gasteiger partial charge in [0.2, 0.25) is 41.6 Å². The fraction of sp³-hybridized carbons (Fsp3) is 0.278. The van der Waals surface area contributed by atoms with Crippen molar-refractivity contribution >= 4 is 14.5 Å². The lowest BCUT2D eigenvalue weighted by Gasteiger charge is -2.20. The fourth-order valence-corrected chi connectivity index (χ4v) is 3.35. The van der Waals surface area contributed by atoms with E-state index in [0.717, 1.165) is 0 Å². The van der Waals surface area contributed by atoms with E-state index in [1.807, 2.05) is 0 Å². The Labute approximate surface area is 174 Å². The van der Waals surface area contributed by atoms with Gasteiger partial charge >= 0.3 is 14.5 Å². The number of ether oxygens (including phenoxy) is 3. The van der Waals surface area contributed by atoms with Crippen LogP contribution in [0.15, 0.2) is 18.2 Å². The van der Waals surface area contributed by atoms with Crippen LogP contribution in [0.2, 0.25) is 0 Å². The second-order valence-electron chi connectivity index (χ2n) is 6.23. The summed E-state index contributed by atoms with van der Waals surface area (Å²) in [6.07, 6.45) is -0.452. The molecule has 0 radical (unpaired) electrons. The largest absolute Gasteiger partial charge is 0.462 e. The first-order valence-corrected chi connectivity index (χ1v) is 9.85. The SMILES string of the molecule is CC(C)OC(=O)CNP(Oc1ccc2c(c1)OCO2)Oc1c(F)c(F)c(F)c(F)c1F. The Morgan fingerprint density at radius 2 is 1.61 bits per heavy atom. The fourth-order valence-electron chi connectivity index (χ4n) is 2.29. The standard InChI is InChI=1S/C18H15F5NO6P/c1-8(2)28-12(25)6-24-31(29-9-3-4-10-11(5-9)27-7-26-10)30-18-16(22)14(20)13(19)15(21)17(18)23/h3-5,8,24H,6-7H2,1-2H3. The van der Waals surface area contributed by atoms with Crippen LogP contribution >= 0.6 is 8.53 Å². The lowest BCUT2D eigenvalue weighted by molar-refractivity contribution is -0.145. The van der Waals surface area contributed by atoms with Crippen LogP contribution in [0.4, 0.5) is 22.0 Å². The molecule has 0 fully saturated rings. The summed E-state index contributed by atoms with van der Waals surface area (Å²) in [5, 5.41) is 2.40. The Morgan fingerprint density at radius 3 is 2.26 bits per heavy atom. The summed E-state index contributed by atoms with van der Waals surface area (Å²) in [5.41, 5.74) is 0. The molecule has 3 rings (SSSR count). The number of nitrogens with one attached hydrogen (secondary N) is 1. The summed E-state index contributed by atoms with van der Waals surface area (Å²) in [5.74, 6) is -12.7. The number of halogens is 5. The van der Waals surface area contributed by atoms with Crippen LogP contribution in [0.1, 0.15) is 13.8 Å². The first-order chi connectivity index (χ1) is 14.7. The zero-order chi connectivity index (χ0) is 22.7. The second-order valence-corrected chi connectivity index (χ2v) is 7.42. The van der Waals surface area contributed by atoms with Gasteiger partial charge in [-0.3, -0.25) is 4.79 Å². The molecule has 1 unspecified atom stereocenters. The molecule has 0 amide bonds. The Morgan fingerprint density at radius 1 is 1.00 bits per heavy atom. The first-order valence-electron chi connectivity index (χ1n) is 8.67. The molecule has 13 heteroatoms. The average molecular weight is 467 g/mol. The van der Waals surface area contributed by atoms with Gasteiger partial charge in [0.05, 0.1) is 6.10 Å². The Balaban J connectivity index is 1.84. The molecule has 2 aromatic carbocycles. The van der Waals surface area contributed by atoms with Gasteiger partial charge in [-0.05, 0) is 26.0 Å². The molecular weight excluding hydrogens is 452 g/mol. The zero-order valence-corrected chi connectivity index (χ0v) is 16.9. The maximum absolute atomic E-state index is 14.0. The van der Waals surface area contributed by atoms with E-state index in [1.165, 1.54) is 18.2 Å². The van der Waals surface area contributed by atoms with Crippen molar-refractivity contribution in [3.05, 3.63) is 47.3 Å². The number of carbonyl (C=O) groups is 1. The molecule has 0 aromatic heterocycles. The lowest BCUT2D eigenvalue weighted by atomic mass is 10.3. The molecular formula is C18H15F5NO6P. The van der Waals surface area contributed by atoms with Crippen molar-refractivity contribution in [2.45, 2.75) is 20.0 Å². The van der Waals surface area contributed by atoms with Gasteiger partial charge < -0.3 is 23.3 Å². The highest BCUT2D eigenvalue weighted by Crippen LogP contribution is 2.43. The van der Waals surface area contributed by atoms with Gasteiger partial charge in [0.15, 0.2) is 11.5 Å². The van der Waals surface area contributed by atoms with Crippen LogP contribution in [-0.2, 0) is 9.53 Å². The molecule has 7 nitrogen and oxygen atoms in total. The topological polar surface area (TPSA) is 75.3 Å². The number of esters is 1. The summed E-state index contributed by atoms with van der Waals surface area (Å²) < 4.78 is 93.8. The van der Waals surface area contributed by atoms with Crippen LogP contribution in [0.25, 0.3) is 0 Å². The molecule has 0 bridgehead atoms. The number of hydrogen-bond acceptors (Lipinski definition) is 7. The Kier molecular flexibility index (Phi) is 7.01. The van der Waals surface area contributed by atoms with Gasteiger partial charge in [-0.15, -0.1) is 0 Å². The summed E-state index contributed by atoms with van der Waals surface area (Å²) in [4.78, 5) is 11.8. The van der Waals surface area contributed by atoms with Crippen molar-refractivity contribution in [3.8, 4) is 23.0 Å². The zero-order valence-electron chi connectivity index (χ0n) is 16.0. The predicted molar refractivity (Wildman–Crippen MR) is 96.2 cm³/mol. The molecule has 1 N–H and O–H groups in total. The van der Waals surface area contributed by atoms with Crippen molar-refractivity contribution in [2.75, 3.05) is 13.3 Å². The van der Waals surface area contributed by atoms with Crippen molar-refractivity contribution in [1.29, 1.82) is 0 Å². The lowest BCUT2D eigenvalue weighted by Crippen LogP contribution is -2.26. The van der Waals surface area contributed by atoms with Crippen LogP contribution < -0.4 is 23.6 Å². The number of benzene rings is 2. The molecule has 0 spiro atoms. The van der Waals surface area contributed by atoms with E-state index in [9.17, 15) is 26.7 Å². The van der Waals surface area contributed by atoms with Crippen LogP contribution in [-0.4, -0.2) is 25.4 Å². The molecule has 1 atom stereocenters. The number of hydrogen-bond donors (Lipinski definition) is 1. The van der Waals surface area contributed by atoms with Gasteiger partial charge in [-0.25, -0.2) is 18.3 Å². The predicted octanol–water partition coefficient (Wildman–Crippen LogP) is 4.34. The number of rotatable bonds is 8. The van der Waals surface area contributed by atoms with Gasteiger partial charge in [-0.1, -0.05) is 0 Å². The smallest absolute Gasteiger partial charge is 0.382 e. The van der Waals surface area contributed by atoms with E-state index in [4.69, 9.17) is 23.3 Å². The molecule has 1 aliphatic rings. The van der Waals surface area contributed by atoms with Crippen LogP contribution in [0, 0.1) is 29.1 Å². The minimum absolute atomic E-state index is 0.0338. The van der Waals surface area contributed by atoms with E-state index in [-0.39, 0.29) is 12.5 Å². The monoisotopic (exact) mass is 467 g/mol. The number of fused-ring (bicyclic) bond motifs is 1. The molecule has 2 aromatic rings. The highest BCUT2D eigenvalue weighted by Gasteiger charge is 2.31. The molecule has 0 aliphatic carbocycles. The second kappa shape index (κ2) is 9.52. The Hall–Kier alpha value is -2.85. The van der Waals surface area contributed by atoms with Crippen molar-refractivity contribution in [3.63, 3.8) is 0 Å². The van der Waals surface area contributed by atoms with E-state index in [2.05, 4.69) is 5.09 Å². The van der Waals surface area contributed by atoms with Gasteiger partial charge in [0.25, 0.3) is 0 Å². The molecule has 0 saturated heterocycles. The van der Waals surface area contributed by atoms with Gasteiger partial charge in [0, 0.05) is 6.07 Å². The maximum atomic E-state index is 14.0. The third-order valence-corrected chi connectivity index (χ3v) is 4.74. The first kappa shape index (κ1) is 22.8. The van der Waals surface area contributed by atoms with Crippen molar-refractivity contribution in [1.82, 2.24) is 5.09 Å². The van der Waals surface area contributed by atoms with Gasteiger partial charge in [0.1, 0.15) is 12.3 Å². The summed E-state index contributed by atoms with van der Waals surface area (Å²) >= 11 is 0. The van der Waals surface area contributed by atoms with Crippen molar-refractivity contribution in [2.24, 2.45) is 0 Å². The van der Waals surface area contributed by atoms with Gasteiger partial charge in [-0.2, -0.15) is 8.78 Å².